The molecule has 1 aromatic rings. The minimum atomic E-state index is 0.0370. The van der Waals surface area contributed by atoms with Crippen LogP contribution in [0.15, 0.2) is 24.3 Å². The van der Waals surface area contributed by atoms with Crippen molar-refractivity contribution in [1.82, 2.24) is 4.90 Å². The van der Waals surface area contributed by atoms with E-state index < -0.39 is 0 Å². The highest BCUT2D eigenvalue weighted by Crippen LogP contribution is 2.49. The molecule has 4 nitrogen and oxygen atoms in total. The quantitative estimate of drug-likeness (QED) is 0.752. The van der Waals surface area contributed by atoms with Crippen molar-refractivity contribution in [1.29, 1.82) is 0 Å². The maximum atomic E-state index is 12.7. The first-order valence-electron chi connectivity index (χ1n) is 10.1. The molecule has 2 aliphatic carbocycles. The molecule has 1 aromatic carbocycles. The smallest absolute Gasteiger partial charge is 0.222 e. The number of methoxy groups -OCH3 is 1. The lowest BCUT2D eigenvalue weighted by molar-refractivity contribution is -0.133. The van der Waals surface area contributed by atoms with E-state index >= 15 is 0 Å². The molecule has 0 spiro atoms. The summed E-state index contributed by atoms with van der Waals surface area (Å²) in [6.07, 6.45) is 7.65. The van der Waals surface area contributed by atoms with Crippen molar-refractivity contribution in [3.8, 4) is 5.75 Å². The molecule has 0 N–H and O–H groups in total. The van der Waals surface area contributed by atoms with Crippen molar-refractivity contribution in [3.05, 3.63) is 29.8 Å². The van der Waals surface area contributed by atoms with Gasteiger partial charge in [0.05, 0.1) is 7.11 Å². The fourth-order valence-electron chi connectivity index (χ4n) is 5.36. The number of fused-ring (bicyclic) bond motifs is 2. The third kappa shape index (κ3) is 3.51. The van der Waals surface area contributed by atoms with Gasteiger partial charge in [-0.3, -0.25) is 9.59 Å². The summed E-state index contributed by atoms with van der Waals surface area (Å²) in [5.74, 6) is 3.65. The van der Waals surface area contributed by atoms with Gasteiger partial charge in [-0.25, -0.2) is 0 Å². The molecule has 26 heavy (non-hydrogen) atoms. The van der Waals surface area contributed by atoms with Crippen LogP contribution in [0.3, 0.4) is 0 Å². The number of ketones is 1. The lowest BCUT2D eigenvalue weighted by Gasteiger charge is -2.33. The number of hydrogen-bond donors (Lipinski definition) is 0. The minimum Gasteiger partial charge on any atom is -0.497 e. The zero-order valence-corrected chi connectivity index (χ0v) is 15.7. The van der Waals surface area contributed by atoms with E-state index in [1.54, 1.807) is 7.11 Å². The Hall–Kier alpha value is -1.84. The maximum absolute atomic E-state index is 12.7. The first-order chi connectivity index (χ1) is 12.6. The predicted octanol–water partition coefficient (Wildman–Crippen LogP) is 3.94. The molecule has 3 aliphatic rings. The fraction of sp³-hybridized carbons (Fsp3) is 0.636. The van der Waals surface area contributed by atoms with Crippen molar-refractivity contribution < 1.29 is 14.3 Å². The molecule has 140 valence electrons. The predicted molar refractivity (Wildman–Crippen MR) is 100 cm³/mol. The highest BCUT2D eigenvalue weighted by atomic mass is 16.5. The summed E-state index contributed by atoms with van der Waals surface area (Å²) in [4.78, 5) is 27.4. The molecule has 0 unspecified atom stereocenters. The largest absolute Gasteiger partial charge is 0.497 e. The van der Waals surface area contributed by atoms with E-state index in [1.807, 2.05) is 29.2 Å². The summed E-state index contributed by atoms with van der Waals surface area (Å²) >= 11 is 0. The standard InChI is InChI=1S/C22H29NO3/c1-26-20-6-4-16(5-7-20)22(25)17-8-10-23(11-9-17)21(24)14-19-13-15-2-3-18(19)12-15/h4-7,15,17-19H,2-3,8-14H2,1H3/t15-,18-,19+/m0/s1. The van der Waals surface area contributed by atoms with Gasteiger partial charge in [0.15, 0.2) is 5.78 Å². The summed E-state index contributed by atoms with van der Waals surface area (Å²) in [6, 6.07) is 7.35. The van der Waals surface area contributed by atoms with E-state index in [9.17, 15) is 9.59 Å². The molecule has 3 fully saturated rings. The van der Waals surface area contributed by atoms with Crippen LogP contribution in [0.4, 0.5) is 0 Å². The molecule has 1 heterocycles. The Kier molecular flexibility index (Phi) is 5.01. The van der Waals surface area contributed by atoms with Crippen LogP contribution >= 0.6 is 0 Å². The molecule has 1 saturated heterocycles. The van der Waals surface area contributed by atoms with Gasteiger partial charge in [0.25, 0.3) is 0 Å². The summed E-state index contributed by atoms with van der Waals surface area (Å²) in [5, 5.41) is 0. The average molecular weight is 355 g/mol. The van der Waals surface area contributed by atoms with Crippen LogP contribution in [0.1, 0.15) is 55.3 Å². The van der Waals surface area contributed by atoms with Gasteiger partial charge in [-0.15, -0.1) is 0 Å². The van der Waals surface area contributed by atoms with Gasteiger partial charge in [-0.05, 0) is 74.1 Å². The van der Waals surface area contributed by atoms with Gasteiger partial charge < -0.3 is 9.64 Å². The number of piperidine rings is 1. The van der Waals surface area contributed by atoms with Crippen molar-refractivity contribution in [2.24, 2.45) is 23.7 Å². The maximum Gasteiger partial charge on any atom is 0.222 e. The summed E-state index contributed by atoms with van der Waals surface area (Å²) in [6.45, 7) is 1.46. The molecule has 2 bridgehead atoms. The summed E-state index contributed by atoms with van der Waals surface area (Å²) < 4.78 is 5.15. The van der Waals surface area contributed by atoms with Crippen LogP contribution in [-0.2, 0) is 4.79 Å². The third-order valence-corrected chi connectivity index (χ3v) is 6.91. The van der Waals surface area contributed by atoms with Gasteiger partial charge >= 0.3 is 0 Å². The lowest BCUT2D eigenvalue weighted by atomic mass is 9.85. The van der Waals surface area contributed by atoms with Gasteiger partial charge in [0.1, 0.15) is 5.75 Å². The van der Waals surface area contributed by atoms with E-state index in [2.05, 4.69) is 0 Å². The SMILES string of the molecule is COc1ccc(C(=O)C2CCN(C(=O)C[C@H]3C[C@H]4CC[C@H]3C4)CC2)cc1. The van der Waals surface area contributed by atoms with E-state index in [0.29, 0.717) is 11.8 Å². The van der Waals surface area contributed by atoms with E-state index in [-0.39, 0.29) is 11.7 Å². The molecular weight excluding hydrogens is 326 g/mol. The second-order valence-electron chi connectivity index (χ2n) is 8.39. The number of carbonyl (C=O) groups excluding carboxylic acids is 2. The number of Topliss-reactive ketones (excluding diaryl/α,β-unsaturated/α-hetero) is 1. The zero-order chi connectivity index (χ0) is 18.1. The van der Waals surface area contributed by atoms with E-state index in [1.165, 1.54) is 25.7 Å². The number of hydrogen-bond acceptors (Lipinski definition) is 3. The van der Waals surface area contributed by atoms with Gasteiger partial charge in [-0.2, -0.15) is 0 Å². The minimum absolute atomic E-state index is 0.0370. The molecule has 2 saturated carbocycles. The number of likely N-dealkylation sites (tertiary alicyclic amines) is 1. The topological polar surface area (TPSA) is 46.6 Å². The van der Waals surface area contributed by atoms with Gasteiger partial charge in [0, 0.05) is 31.0 Å². The van der Waals surface area contributed by atoms with Crippen LogP contribution in [0.25, 0.3) is 0 Å². The molecule has 1 amide bonds. The Morgan fingerprint density at radius 2 is 1.77 bits per heavy atom. The monoisotopic (exact) mass is 355 g/mol. The molecule has 1 aliphatic heterocycles. The highest BCUT2D eigenvalue weighted by molar-refractivity contribution is 5.98. The molecular formula is C22H29NO3. The molecule has 4 heteroatoms. The van der Waals surface area contributed by atoms with Crippen molar-refractivity contribution in [2.75, 3.05) is 20.2 Å². The van der Waals surface area contributed by atoms with Crippen LogP contribution in [0.5, 0.6) is 5.75 Å². The number of benzene rings is 1. The zero-order valence-electron chi connectivity index (χ0n) is 15.7. The Morgan fingerprint density at radius 3 is 2.35 bits per heavy atom. The number of carbonyl (C=O) groups is 2. The first-order valence-corrected chi connectivity index (χ1v) is 10.1. The Labute approximate surface area is 155 Å². The van der Waals surface area contributed by atoms with Gasteiger partial charge in [-0.1, -0.05) is 6.42 Å². The van der Waals surface area contributed by atoms with Gasteiger partial charge in [0.2, 0.25) is 5.91 Å². The number of nitrogens with zero attached hydrogens (tertiary/aromatic N) is 1. The Balaban J connectivity index is 1.27. The van der Waals surface area contributed by atoms with E-state index in [0.717, 1.165) is 55.5 Å². The van der Waals surface area contributed by atoms with E-state index in [4.69, 9.17) is 4.74 Å². The van der Waals surface area contributed by atoms with Crippen LogP contribution < -0.4 is 4.74 Å². The molecule has 0 aromatic heterocycles. The summed E-state index contributed by atoms with van der Waals surface area (Å²) in [5.41, 5.74) is 0.748. The van der Waals surface area contributed by atoms with Crippen molar-refractivity contribution in [2.45, 2.75) is 44.9 Å². The molecule has 3 atom stereocenters. The normalized spacial score (nSPS) is 28.3. The first kappa shape index (κ1) is 17.6. The second kappa shape index (κ2) is 7.42. The third-order valence-electron chi connectivity index (χ3n) is 6.91. The Bertz CT molecular complexity index is 660. The van der Waals surface area contributed by atoms with Crippen LogP contribution in [-0.4, -0.2) is 36.8 Å². The second-order valence-corrected chi connectivity index (χ2v) is 8.39. The number of rotatable bonds is 5. The van der Waals surface area contributed by atoms with Crippen molar-refractivity contribution >= 4 is 11.7 Å². The summed E-state index contributed by atoms with van der Waals surface area (Å²) in [7, 11) is 1.63. The highest BCUT2D eigenvalue weighted by Gasteiger charge is 2.41. The molecule has 4 rings (SSSR count). The Morgan fingerprint density at radius 1 is 1.04 bits per heavy atom. The van der Waals surface area contributed by atoms with Crippen molar-refractivity contribution in [3.63, 3.8) is 0 Å². The number of amides is 1. The number of ether oxygens (including phenoxy) is 1. The fourth-order valence-corrected chi connectivity index (χ4v) is 5.36. The molecule has 0 radical (unpaired) electrons. The average Bonchev–Trinajstić information content (AvgIpc) is 3.31. The lowest BCUT2D eigenvalue weighted by Crippen LogP contribution is -2.41. The van der Waals surface area contributed by atoms with Crippen LogP contribution in [0, 0.1) is 23.7 Å². The van der Waals surface area contributed by atoms with Crippen LogP contribution in [0.2, 0.25) is 0 Å².